The Morgan fingerprint density at radius 1 is 1.16 bits per heavy atom. The van der Waals surface area contributed by atoms with Gasteiger partial charge in [-0.15, -0.1) is 0 Å². The number of hydrogen-bond donors (Lipinski definition) is 3. The monoisotopic (exact) mass is 372 g/mol. The van der Waals surface area contributed by atoms with Crippen LogP contribution in [0.2, 0.25) is 18.1 Å². The Labute approximate surface area is 153 Å². The number of hydrogen-bond acceptors (Lipinski definition) is 4. The zero-order valence-electron chi connectivity index (χ0n) is 16.4. The molecule has 0 aromatic carbocycles. The molecule has 146 valence electrons. The first-order chi connectivity index (χ1) is 11.5. The van der Waals surface area contributed by atoms with Crippen molar-refractivity contribution in [2.75, 3.05) is 6.61 Å². The number of aliphatic carboxylic acids is 1. The van der Waals surface area contributed by atoms with Gasteiger partial charge >= 0.3 is 5.97 Å². The zero-order chi connectivity index (χ0) is 19.3. The molecular weight excluding hydrogens is 336 g/mol. The van der Waals surface area contributed by atoms with E-state index in [2.05, 4.69) is 33.9 Å². The molecule has 0 bridgehead atoms. The van der Waals surface area contributed by atoms with Gasteiger partial charge in [0.25, 0.3) is 0 Å². The fraction of sp³-hybridized carbons (Fsp3) is 0.842. The van der Waals surface area contributed by atoms with Crippen molar-refractivity contribution >= 4 is 14.3 Å². The molecule has 1 aliphatic rings. The van der Waals surface area contributed by atoms with Crippen molar-refractivity contribution in [2.24, 2.45) is 11.8 Å². The summed E-state index contributed by atoms with van der Waals surface area (Å²) in [6.45, 7) is 11.5. The Balaban J connectivity index is 2.56. The van der Waals surface area contributed by atoms with E-state index < -0.39 is 26.5 Å². The molecule has 1 rings (SSSR count). The number of unbranched alkanes of at least 4 members (excludes halogenated alkanes) is 1. The van der Waals surface area contributed by atoms with Crippen molar-refractivity contribution in [1.29, 1.82) is 0 Å². The van der Waals surface area contributed by atoms with Crippen LogP contribution < -0.4 is 0 Å². The zero-order valence-corrected chi connectivity index (χ0v) is 17.4. The van der Waals surface area contributed by atoms with Crippen LogP contribution in [0.3, 0.4) is 0 Å². The molecule has 1 saturated carbocycles. The van der Waals surface area contributed by atoms with Crippen LogP contribution in [0.4, 0.5) is 0 Å². The molecule has 0 radical (unpaired) electrons. The molecule has 0 saturated heterocycles. The Morgan fingerprint density at radius 3 is 2.32 bits per heavy atom. The molecule has 0 amide bonds. The first-order valence-corrected chi connectivity index (χ1v) is 12.2. The van der Waals surface area contributed by atoms with E-state index in [1.165, 1.54) is 0 Å². The molecule has 3 N–H and O–H groups in total. The van der Waals surface area contributed by atoms with Crippen LogP contribution >= 0.6 is 0 Å². The third kappa shape index (κ3) is 6.85. The first kappa shape index (κ1) is 22.3. The predicted octanol–water partition coefficient (Wildman–Crippen LogP) is 3.57. The maximum Gasteiger partial charge on any atom is 0.303 e. The molecule has 0 unspecified atom stereocenters. The lowest BCUT2D eigenvalue weighted by atomic mass is 9.91. The average molecular weight is 373 g/mol. The summed E-state index contributed by atoms with van der Waals surface area (Å²) in [4.78, 5) is 10.5. The van der Waals surface area contributed by atoms with Gasteiger partial charge in [-0.2, -0.15) is 0 Å². The largest absolute Gasteiger partial charge is 0.481 e. The summed E-state index contributed by atoms with van der Waals surface area (Å²) in [7, 11) is -1.88. The van der Waals surface area contributed by atoms with Gasteiger partial charge in [0.2, 0.25) is 0 Å². The van der Waals surface area contributed by atoms with Crippen LogP contribution in [0.15, 0.2) is 12.2 Å². The van der Waals surface area contributed by atoms with Gasteiger partial charge in [-0.3, -0.25) is 4.79 Å². The molecule has 25 heavy (non-hydrogen) atoms. The number of allylic oxidation sites excluding steroid dienone is 2. The summed E-state index contributed by atoms with van der Waals surface area (Å²) in [6, 6.07) is 0. The lowest BCUT2D eigenvalue weighted by Gasteiger charge is -2.38. The Bertz CT molecular complexity index is 455. The molecule has 0 aliphatic heterocycles. The number of carboxylic acid groups (broad SMARTS) is 1. The van der Waals surface area contributed by atoms with E-state index in [1.54, 1.807) is 0 Å². The average Bonchev–Trinajstić information content (AvgIpc) is 2.73. The number of aliphatic hydroxyl groups is 2. The van der Waals surface area contributed by atoms with Crippen LogP contribution in [-0.2, 0) is 9.22 Å². The van der Waals surface area contributed by atoms with Gasteiger partial charge in [-0.1, -0.05) is 32.9 Å². The molecular formula is C19H36O5Si. The van der Waals surface area contributed by atoms with Gasteiger partial charge in [0.15, 0.2) is 8.32 Å². The second-order valence-electron chi connectivity index (χ2n) is 8.76. The molecule has 0 aromatic rings. The molecule has 5 nitrogen and oxygen atoms in total. The summed E-state index contributed by atoms with van der Waals surface area (Å²) in [5.74, 6) is -0.825. The lowest BCUT2D eigenvalue weighted by molar-refractivity contribution is -0.137. The molecule has 0 spiro atoms. The standard InChI is InChI=1S/C19H36O5Si/c1-19(2,3)25(4,5)24-13-15-14(16(20)12-17(15)21)10-8-6-7-9-11-18(22)23/h6,8,14-17,20-21H,7,9-13H2,1-5H3,(H,22,23)/b8-6-/t14-,15-,16+,17-/m1/s1. The SMILES string of the molecule is CC(C)(C)[Si](C)(C)OC[C@@H]1[C@@H](C/C=C\CCCC(=O)O)[C@@H](O)C[C@H]1O. The minimum absolute atomic E-state index is 0.00417. The Kier molecular flexibility index (Phi) is 8.32. The quantitative estimate of drug-likeness (QED) is 0.327. The fourth-order valence-corrected chi connectivity index (χ4v) is 4.04. The molecule has 0 aromatic heterocycles. The van der Waals surface area contributed by atoms with Crippen molar-refractivity contribution < 1.29 is 24.5 Å². The van der Waals surface area contributed by atoms with E-state index >= 15 is 0 Å². The van der Waals surface area contributed by atoms with E-state index in [0.717, 1.165) is 6.42 Å². The minimum Gasteiger partial charge on any atom is -0.481 e. The Hall–Kier alpha value is -0.693. The van der Waals surface area contributed by atoms with Crippen LogP contribution in [0.25, 0.3) is 0 Å². The predicted molar refractivity (Wildman–Crippen MR) is 102 cm³/mol. The van der Waals surface area contributed by atoms with Gasteiger partial charge in [0.1, 0.15) is 0 Å². The van der Waals surface area contributed by atoms with Crippen molar-refractivity contribution in [2.45, 2.75) is 83.2 Å². The number of aliphatic hydroxyl groups excluding tert-OH is 2. The van der Waals surface area contributed by atoms with E-state index in [1.807, 2.05) is 12.2 Å². The smallest absolute Gasteiger partial charge is 0.303 e. The highest BCUT2D eigenvalue weighted by Crippen LogP contribution is 2.40. The number of carbonyl (C=O) groups is 1. The fourth-order valence-electron chi connectivity index (χ4n) is 3.00. The van der Waals surface area contributed by atoms with Gasteiger partial charge in [-0.05, 0) is 49.7 Å². The highest BCUT2D eigenvalue weighted by molar-refractivity contribution is 6.74. The third-order valence-corrected chi connectivity index (χ3v) is 10.3. The van der Waals surface area contributed by atoms with Gasteiger partial charge in [0, 0.05) is 18.9 Å². The number of rotatable bonds is 9. The molecule has 1 fully saturated rings. The summed E-state index contributed by atoms with van der Waals surface area (Å²) < 4.78 is 6.28. The van der Waals surface area contributed by atoms with Gasteiger partial charge < -0.3 is 19.7 Å². The minimum atomic E-state index is -1.88. The number of carboxylic acids is 1. The molecule has 6 heteroatoms. The van der Waals surface area contributed by atoms with E-state index in [4.69, 9.17) is 9.53 Å². The van der Waals surface area contributed by atoms with E-state index in [0.29, 0.717) is 25.9 Å². The molecule has 4 atom stereocenters. The summed E-state index contributed by atoms with van der Waals surface area (Å²) >= 11 is 0. The summed E-state index contributed by atoms with van der Waals surface area (Å²) in [5.41, 5.74) is 0. The highest BCUT2D eigenvalue weighted by Gasteiger charge is 2.44. The first-order valence-electron chi connectivity index (χ1n) is 9.32. The van der Waals surface area contributed by atoms with Gasteiger partial charge in [0.05, 0.1) is 12.2 Å². The maximum absolute atomic E-state index is 10.5. The van der Waals surface area contributed by atoms with Crippen molar-refractivity contribution in [3.63, 3.8) is 0 Å². The van der Waals surface area contributed by atoms with Crippen LogP contribution in [-0.4, -0.2) is 48.4 Å². The van der Waals surface area contributed by atoms with Gasteiger partial charge in [-0.25, -0.2) is 0 Å². The van der Waals surface area contributed by atoms with Crippen LogP contribution in [0, 0.1) is 11.8 Å². The normalized spacial score (nSPS) is 28.0. The maximum atomic E-state index is 10.5. The van der Waals surface area contributed by atoms with E-state index in [-0.39, 0.29) is 23.3 Å². The summed E-state index contributed by atoms with van der Waals surface area (Å²) in [6.07, 6.45) is 5.58. The Morgan fingerprint density at radius 2 is 1.76 bits per heavy atom. The highest BCUT2D eigenvalue weighted by atomic mass is 28.4. The van der Waals surface area contributed by atoms with Crippen LogP contribution in [0.1, 0.15) is 52.9 Å². The van der Waals surface area contributed by atoms with Crippen LogP contribution in [0.5, 0.6) is 0 Å². The summed E-state index contributed by atoms with van der Waals surface area (Å²) in [5, 5.41) is 29.3. The van der Waals surface area contributed by atoms with Crippen molar-refractivity contribution in [1.82, 2.24) is 0 Å². The van der Waals surface area contributed by atoms with E-state index in [9.17, 15) is 15.0 Å². The van der Waals surface area contributed by atoms with Crippen molar-refractivity contribution in [3.8, 4) is 0 Å². The topological polar surface area (TPSA) is 87.0 Å². The molecule has 0 heterocycles. The lowest BCUT2D eigenvalue weighted by Crippen LogP contribution is -2.43. The third-order valence-electron chi connectivity index (χ3n) is 5.80. The second kappa shape index (κ2) is 9.30. The second-order valence-corrected chi connectivity index (χ2v) is 13.6. The molecule has 1 aliphatic carbocycles. The van der Waals surface area contributed by atoms with Crippen molar-refractivity contribution in [3.05, 3.63) is 12.2 Å².